The third kappa shape index (κ3) is 5.81. The summed E-state index contributed by atoms with van der Waals surface area (Å²) in [7, 11) is 0. The smallest absolute Gasteiger partial charge is 0.174 e. The van der Waals surface area contributed by atoms with Crippen molar-refractivity contribution in [3.63, 3.8) is 0 Å². The fourth-order valence-corrected chi connectivity index (χ4v) is 2.02. The van der Waals surface area contributed by atoms with E-state index in [1.54, 1.807) is 12.4 Å². The van der Waals surface area contributed by atoms with Crippen LogP contribution in [0.5, 0.6) is 0 Å². The van der Waals surface area contributed by atoms with E-state index in [1.165, 1.54) is 12.8 Å². The van der Waals surface area contributed by atoms with Gasteiger partial charge in [-0.25, -0.2) is 4.98 Å². The van der Waals surface area contributed by atoms with Crippen molar-refractivity contribution in [3.05, 3.63) is 51.0 Å². The Bertz CT molecular complexity index is 513. The Balaban J connectivity index is 0.000000820. The Kier molecular flexibility index (Phi) is 10.6. The van der Waals surface area contributed by atoms with Crippen LogP contribution >= 0.6 is 0 Å². The molecule has 1 fully saturated rings. The average Bonchev–Trinajstić information content (AvgIpc) is 3.04. The zero-order valence-electron chi connectivity index (χ0n) is 13.3. The Hall–Kier alpha value is -1.33. The van der Waals surface area contributed by atoms with Gasteiger partial charge in [-0.05, 0) is 25.0 Å². The second-order valence-electron chi connectivity index (χ2n) is 4.57. The summed E-state index contributed by atoms with van der Waals surface area (Å²) in [5, 5.41) is 0. The van der Waals surface area contributed by atoms with Crippen molar-refractivity contribution in [1.29, 1.82) is 0 Å². The first-order valence-corrected chi connectivity index (χ1v) is 7.05. The van der Waals surface area contributed by atoms with Crippen molar-refractivity contribution in [3.8, 4) is 11.5 Å². The van der Waals surface area contributed by atoms with Gasteiger partial charge in [0, 0.05) is 39.1 Å². The van der Waals surface area contributed by atoms with Crippen molar-refractivity contribution >= 4 is 5.82 Å². The van der Waals surface area contributed by atoms with E-state index in [0.717, 1.165) is 31.0 Å². The quantitative estimate of drug-likeness (QED) is 0.625. The van der Waals surface area contributed by atoms with Gasteiger partial charge in [-0.2, -0.15) is 6.42 Å². The van der Waals surface area contributed by atoms with E-state index < -0.39 is 0 Å². The van der Waals surface area contributed by atoms with Crippen LogP contribution in [0, 0.1) is 20.4 Å². The topological polar surface area (TPSA) is 41.9 Å². The van der Waals surface area contributed by atoms with Crippen LogP contribution in [0.1, 0.15) is 26.2 Å². The van der Waals surface area contributed by atoms with Crippen molar-refractivity contribution in [2.75, 3.05) is 18.0 Å². The molecule has 0 spiro atoms. The standard InChI is InChI=1S/C13H13N4.C3H7.CH3.Os/c1-2-7-14-11(5-1)13-15-8-6-12(16-13)17-9-3-4-10-17;1-3-2;;/h1-2,5,7-8H,3-4,9-10H2;1,3H2,2H3;1H3;/q3*-1;. The van der Waals surface area contributed by atoms with Gasteiger partial charge in [0.05, 0.1) is 0 Å². The van der Waals surface area contributed by atoms with Crippen LogP contribution in [0.25, 0.3) is 11.5 Å². The maximum atomic E-state index is 4.52. The molecule has 1 aliphatic heterocycles. The van der Waals surface area contributed by atoms with Crippen LogP contribution in [0.4, 0.5) is 5.82 Å². The molecule has 3 heterocycles. The molecule has 2 aromatic rings. The van der Waals surface area contributed by atoms with Gasteiger partial charge < -0.3 is 25.3 Å². The zero-order chi connectivity index (χ0) is 14.2. The summed E-state index contributed by atoms with van der Waals surface area (Å²) in [6, 6.07) is 8.85. The molecule has 0 bridgehead atoms. The molecular formula is C17H23N4Os-3. The number of hydrogen-bond donors (Lipinski definition) is 0. The third-order valence-electron chi connectivity index (χ3n) is 2.89. The van der Waals surface area contributed by atoms with Crippen molar-refractivity contribution < 1.29 is 19.8 Å². The van der Waals surface area contributed by atoms with E-state index in [0.29, 0.717) is 5.82 Å². The maximum absolute atomic E-state index is 4.52. The fraction of sp³-hybridized carbons (Fsp3) is 0.353. The van der Waals surface area contributed by atoms with Crippen LogP contribution in [-0.2, 0) is 19.8 Å². The van der Waals surface area contributed by atoms with Gasteiger partial charge in [-0.3, -0.25) is 9.97 Å². The van der Waals surface area contributed by atoms with Gasteiger partial charge in [-0.15, -0.1) is 6.20 Å². The molecule has 0 saturated carbocycles. The number of anilines is 1. The molecule has 0 N–H and O–H groups in total. The minimum absolute atomic E-state index is 0. The minimum atomic E-state index is 0. The molecule has 0 aromatic carbocycles. The fourth-order valence-electron chi connectivity index (χ4n) is 2.02. The maximum Gasteiger partial charge on any atom is 0.174 e. The van der Waals surface area contributed by atoms with Gasteiger partial charge in [-0.1, -0.05) is 18.8 Å². The van der Waals surface area contributed by atoms with Crippen LogP contribution in [0.3, 0.4) is 0 Å². The van der Waals surface area contributed by atoms with Gasteiger partial charge >= 0.3 is 0 Å². The second-order valence-corrected chi connectivity index (χ2v) is 4.57. The average molecular weight is 474 g/mol. The molecule has 3 rings (SSSR count). The Morgan fingerprint density at radius 1 is 1.23 bits per heavy atom. The molecule has 0 unspecified atom stereocenters. The first kappa shape index (κ1) is 20.7. The molecule has 22 heavy (non-hydrogen) atoms. The van der Waals surface area contributed by atoms with Crippen LogP contribution < -0.4 is 4.90 Å². The van der Waals surface area contributed by atoms with E-state index in [2.05, 4.69) is 32.8 Å². The Morgan fingerprint density at radius 2 is 1.91 bits per heavy atom. The summed E-state index contributed by atoms with van der Waals surface area (Å²) in [5.74, 6) is 1.56. The Labute approximate surface area is 147 Å². The predicted molar refractivity (Wildman–Crippen MR) is 87.6 cm³/mol. The number of nitrogens with zero attached hydrogens (tertiary/aromatic N) is 4. The SMILES string of the molecule is [CH2-]CC.[CH3-].[Os].[c-]1cnc(-c2ccccn2)nc1N1CCCC1. The number of aromatic nitrogens is 3. The van der Waals surface area contributed by atoms with E-state index in [-0.39, 0.29) is 27.2 Å². The molecule has 0 amide bonds. The summed E-state index contributed by atoms with van der Waals surface area (Å²) in [6.07, 6.45) is 6.91. The van der Waals surface area contributed by atoms with Crippen LogP contribution in [-0.4, -0.2) is 28.0 Å². The summed E-state index contributed by atoms with van der Waals surface area (Å²) in [6.45, 7) is 7.63. The molecule has 2 aromatic heterocycles. The number of pyridine rings is 1. The summed E-state index contributed by atoms with van der Waals surface area (Å²) in [4.78, 5) is 15.3. The third-order valence-corrected chi connectivity index (χ3v) is 2.89. The van der Waals surface area contributed by atoms with Crippen molar-refractivity contribution in [2.24, 2.45) is 0 Å². The van der Waals surface area contributed by atoms with Gasteiger partial charge in [0.2, 0.25) is 0 Å². The van der Waals surface area contributed by atoms with Crippen LogP contribution in [0.15, 0.2) is 30.6 Å². The Morgan fingerprint density at radius 3 is 2.50 bits per heavy atom. The summed E-state index contributed by atoms with van der Waals surface area (Å²) >= 11 is 0. The number of hydrogen-bond acceptors (Lipinski definition) is 4. The minimum Gasteiger partial charge on any atom is -0.408 e. The van der Waals surface area contributed by atoms with E-state index >= 15 is 0 Å². The molecule has 122 valence electrons. The molecule has 0 atom stereocenters. The van der Waals surface area contributed by atoms with E-state index in [9.17, 15) is 0 Å². The summed E-state index contributed by atoms with van der Waals surface area (Å²) < 4.78 is 0. The van der Waals surface area contributed by atoms with Gasteiger partial charge in [0.15, 0.2) is 5.82 Å². The molecule has 4 nitrogen and oxygen atoms in total. The number of rotatable bonds is 2. The molecule has 0 aliphatic carbocycles. The largest absolute Gasteiger partial charge is 0.408 e. The van der Waals surface area contributed by atoms with Crippen molar-refractivity contribution in [2.45, 2.75) is 26.2 Å². The zero-order valence-corrected chi connectivity index (χ0v) is 15.8. The van der Waals surface area contributed by atoms with Crippen molar-refractivity contribution in [1.82, 2.24) is 15.0 Å². The monoisotopic (exact) mass is 475 g/mol. The first-order chi connectivity index (χ1) is 9.85. The van der Waals surface area contributed by atoms with Crippen LogP contribution in [0.2, 0.25) is 0 Å². The molecular weight excluding hydrogens is 450 g/mol. The molecule has 1 aliphatic rings. The molecule has 5 heteroatoms. The normalized spacial score (nSPS) is 12.5. The molecule has 1 saturated heterocycles. The van der Waals surface area contributed by atoms with Gasteiger partial charge in [0.1, 0.15) is 5.69 Å². The first-order valence-electron chi connectivity index (χ1n) is 7.05. The summed E-state index contributed by atoms with van der Waals surface area (Å²) in [5.41, 5.74) is 0.807. The second kappa shape index (κ2) is 11.3. The predicted octanol–water partition coefficient (Wildman–Crippen LogP) is 3.62. The van der Waals surface area contributed by atoms with E-state index in [4.69, 9.17) is 0 Å². The van der Waals surface area contributed by atoms with Gasteiger partial charge in [0.25, 0.3) is 0 Å². The van der Waals surface area contributed by atoms with E-state index in [1.807, 2.05) is 25.1 Å². The molecule has 0 radical (unpaired) electrons.